The monoisotopic (exact) mass is 503 g/mol. The summed E-state index contributed by atoms with van der Waals surface area (Å²) in [5.74, 6) is 0.559. The molecule has 0 radical (unpaired) electrons. The molecule has 2 N–H and O–H groups in total. The molecule has 1 amide bonds. The number of hydrogen-bond acceptors (Lipinski definition) is 6. The molecule has 1 fully saturated rings. The van der Waals surface area contributed by atoms with Gasteiger partial charge in [0.2, 0.25) is 5.91 Å². The van der Waals surface area contributed by atoms with Gasteiger partial charge in [0.1, 0.15) is 0 Å². The van der Waals surface area contributed by atoms with Crippen molar-refractivity contribution in [1.82, 2.24) is 0 Å². The van der Waals surface area contributed by atoms with Gasteiger partial charge in [-0.25, -0.2) is 0 Å². The molecule has 184 valence electrons. The first-order valence-electron chi connectivity index (χ1n) is 11.9. The minimum Gasteiger partial charge on any atom is -0.378 e. The standard InChI is InChI=1S/C26H33N3O3S.ClH/c1-2-3-4-5-24(30)20-8-11-25-23(16-20)29(26(31)22(27)18-33-25)17-19-6-9-21(10-7-19)28-12-14-32-15-13-28;/h6-11,16,22H,2-5,12-15,17-18,27H2,1H3;1H/t22-;/m0./s1. The fraction of sp³-hybridized carbons (Fsp3) is 0.462. The Morgan fingerprint density at radius 1 is 1.12 bits per heavy atom. The van der Waals surface area contributed by atoms with E-state index in [1.54, 1.807) is 16.7 Å². The van der Waals surface area contributed by atoms with Gasteiger partial charge in [0.25, 0.3) is 0 Å². The van der Waals surface area contributed by atoms with Crippen molar-refractivity contribution in [3.05, 3.63) is 53.6 Å². The summed E-state index contributed by atoms with van der Waals surface area (Å²) in [5.41, 5.74) is 9.86. The number of carbonyl (C=O) groups is 2. The molecule has 1 atom stereocenters. The molecular formula is C26H34ClN3O3S. The van der Waals surface area contributed by atoms with E-state index in [1.807, 2.05) is 18.2 Å². The van der Waals surface area contributed by atoms with Crippen LogP contribution in [0.25, 0.3) is 0 Å². The number of halogens is 1. The first kappa shape index (κ1) is 26.5. The zero-order chi connectivity index (χ0) is 23.2. The van der Waals surface area contributed by atoms with Crippen LogP contribution in [0.3, 0.4) is 0 Å². The van der Waals surface area contributed by atoms with Crippen LogP contribution in [0.2, 0.25) is 0 Å². The van der Waals surface area contributed by atoms with Crippen LogP contribution >= 0.6 is 24.2 Å². The van der Waals surface area contributed by atoms with E-state index in [1.165, 1.54) is 0 Å². The van der Waals surface area contributed by atoms with Crippen LogP contribution in [0.15, 0.2) is 47.4 Å². The van der Waals surface area contributed by atoms with E-state index in [-0.39, 0.29) is 24.1 Å². The summed E-state index contributed by atoms with van der Waals surface area (Å²) in [4.78, 5) is 31.0. The number of nitrogens with two attached hydrogens (primary N) is 1. The van der Waals surface area contributed by atoms with Crippen LogP contribution in [0, 0.1) is 0 Å². The van der Waals surface area contributed by atoms with Crippen LogP contribution in [-0.2, 0) is 16.1 Å². The molecule has 2 heterocycles. The average Bonchev–Trinajstić information content (AvgIpc) is 2.97. The number of benzene rings is 2. The van der Waals surface area contributed by atoms with E-state index in [4.69, 9.17) is 10.5 Å². The Labute approximate surface area is 212 Å². The summed E-state index contributed by atoms with van der Waals surface area (Å²) in [5, 5.41) is 0. The molecule has 34 heavy (non-hydrogen) atoms. The van der Waals surface area contributed by atoms with Gasteiger partial charge in [-0.05, 0) is 36.2 Å². The summed E-state index contributed by atoms with van der Waals surface area (Å²) in [7, 11) is 0. The maximum absolute atomic E-state index is 13.2. The van der Waals surface area contributed by atoms with Crippen molar-refractivity contribution in [2.24, 2.45) is 5.73 Å². The summed E-state index contributed by atoms with van der Waals surface area (Å²) >= 11 is 1.58. The van der Waals surface area contributed by atoms with Crippen molar-refractivity contribution >= 4 is 47.2 Å². The largest absolute Gasteiger partial charge is 0.378 e. The maximum Gasteiger partial charge on any atom is 0.245 e. The number of rotatable bonds is 8. The van der Waals surface area contributed by atoms with Gasteiger partial charge in [-0.2, -0.15) is 0 Å². The van der Waals surface area contributed by atoms with Crippen molar-refractivity contribution in [2.75, 3.05) is 41.9 Å². The van der Waals surface area contributed by atoms with Crippen LogP contribution in [0.4, 0.5) is 11.4 Å². The Balaban J connectivity index is 0.00000324. The van der Waals surface area contributed by atoms with Crippen LogP contribution in [0.5, 0.6) is 0 Å². The topological polar surface area (TPSA) is 75.9 Å². The fourth-order valence-corrected chi connectivity index (χ4v) is 5.24. The predicted molar refractivity (Wildman–Crippen MR) is 142 cm³/mol. The van der Waals surface area contributed by atoms with Gasteiger partial charge in [-0.1, -0.05) is 38.0 Å². The second-order valence-electron chi connectivity index (χ2n) is 8.67. The Morgan fingerprint density at radius 2 is 1.85 bits per heavy atom. The Bertz CT molecular complexity index is 980. The van der Waals surface area contributed by atoms with Crippen molar-refractivity contribution in [1.29, 1.82) is 0 Å². The average molecular weight is 504 g/mol. The molecule has 0 unspecified atom stereocenters. The minimum atomic E-state index is -0.571. The predicted octanol–water partition coefficient (Wildman–Crippen LogP) is 4.67. The minimum absolute atomic E-state index is 0. The normalized spacial score (nSPS) is 18.2. The number of fused-ring (bicyclic) bond motifs is 1. The molecule has 8 heteroatoms. The van der Waals surface area contributed by atoms with Crippen molar-refractivity contribution in [3.63, 3.8) is 0 Å². The molecule has 2 aliphatic rings. The third-order valence-corrected chi connectivity index (χ3v) is 7.42. The van der Waals surface area contributed by atoms with Gasteiger partial charge in [-0.3, -0.25) is 9.59 Å². The van der Waals surface area contributed by atoms with Crippen LogP contribution in [0.1, 0.15) is 48.5 Å². The Kier molecular flexibility index (Phi) is 9.83. The number of nitrogens with zero attached hydrogens (tertiary/aromatic N) is 2. The number of morpholine rings is 1. The number of ether oxygens (including phenoxy) is 1. The highest BCUT2D eigenvalue weighted by Crippen LogP contribution is 2.36. The number of Topliss-reactive ketones (excluding diaryl/α,β-unsaturated/α-hetero) is 1. The van der Waals surface area contributed by atoms with Crippen molar-refractivity contribution in [3.8, 4) is 0 Å². The third kappa shape index (κ3) is 6.33. The summed E-state index contributed by atoms with van der Waals surface area (Å²) < 4.78 is 5.44. The van der Waals surface area contributed by atoms with Gasteiger partial charge in [0.05, 0.1) is 31.5 Å². The Hall–Kier alpha value is -2.06. The first-order chi connectivity index (χ1) is 16.1. The second-order valence-corrected chi connectivity index (χ2v) is 9.73. The lowest BCUT2D eigenvalue weighted by Gasteiger charge is -2.29. The number of amides is 1. The highest BCUT2D eigenvalue weighted by atomic mass is 35.5. The van der Waals surface area contributed by atoms with Gasteiger partial charge < -0.3 is 20.3 Å². The van der Waals surface area contributed by atoms with Crippen LogP contribution in [-0.4, -0.2) is 49.8 Å². The number of thioether (sulfide) groups is 1. The van der Waals surface area contributed by atoms with Gasteiger partial charge in [0.15, 0.2) is 5.78 Å². The SMILES string of the molecule is CCCCCC(=O)c1ccc2c(c1)N(Cc1ccc(N3CCOCC3)cc1)C(=O)[C@@H](N)CS2.Cl. The van der Waals surface area contributed by atoms with Crippen molar-refractivity contribution < 1.29 is 14.3 Å². The molecule has 0 bridgehead atoms. The lowest BCUT2D eigenvalue weighted by atomic mass is 10.0. The molecule has 2 aliphatic heterocycles. The molecule has 1 saturated heterocycles. The van der Waals surface area contributed by atoms with Crippen LogP contribution < -0.4 is 15.5 Å². The van der Waals surface area contributed by atoms with E-state index < -0.39 is 6.04 Å². The Morgan fingerprint density at radius 3 is 2.56 bits per heavy atom. The molecule has 0 saturated carbocycles. The molecule has 0 spiro atoms. The van der Waals surface area contributed by atoms with E-state index in [2.05, 4.69) is 36.1 Å². The van der Waals surface area contributed by atoms with E-state index >= 15 is 0 Å². The first-order valence-corrected chi connectivity index (χ1v) is 12.8. The lowest BCUT2D eigenvalue weighted by molar-refractivity contribution is -0.119. The third-order valence-electron chi connectivity index (χ3n) is 6.23. The van der Waals surface area contributed by atoms with Crippen molar-refractivity contribution in [2.45, 2.75) is 50.1 Å². The van der Waals surface area contributed by atoms with Gasteiger partial charge >= 0.3 is 0 Å². The molecule has 2 aromatic carbocycles. The molecule has 2 aromatic rings. The number of ketones is 1. The number of carbonyl (C=O) groups excluding carboxylic acids is 2. The summed E-state index contributed by atoms with van der Waals surface area (Å²) in [6.45, 7) is 5.82. The number of hydrogen-bond donors (Lipinski definition) is 1. The number of anilines is 2. The van der Waals surface area contributed by atoms with E-state index in [0.717, 1.165) is 67.4 Å². The molecular weight excluding hydrogens is 470 g/mol. The number of unbranched alkanes of at least 4 members (excludes halogenated alkanes) is 2. The van der Waals surface area contributed by atoms with Gasteiger partial charge in [-0.15, -0.1) is 24.2 Å². The maximum atomic E-state index is 13.2. The van der Waals surface area contributed by atoms with E-state index in [9.17, 15) is 9.59 Å². The second kappa shape index (κ2) is 12.6. The molecule has 4 rings (SSSR count). The molecule has 6 nitrogen and oxygen atoms in total. The smallest absolute Gasteiger partial charge is 0.245 e. The lowest BCUT2D eigenvalue weighted by Crippen LogP contribution is -2.44. The molecule has 0 aromatic heterocycles. The van der Waals surface area contributed by atoms with Gasteiger partial charge in [0, 0.05) is 41.4 Å². The quantitative estimate of drug-likeness (QED) is 0.416. The fourth-order valence-electron chi connectivity index (χ4n) is 4.25. The highest BCUT2D eigenvalue weighted by Gasteiger charge is 2.29. The summed E-state index contributed by atoms with van der Waals surface area (Å²) in [6, 6.07) is 13.5. The zero-order valence-electron chi connectivity index (χ0n) is 19.7. The molecule has 0 aliphatic carbocycles. The zero-order valence-corrected chi connectivity index (χ0v) is 21.3. The van der Waals surface area contributed by atoms with E-state index in [0.29, 0.717) is 24.3 Å². The highest BCUT2D eigenvalue weighted by molar-refractivity contribution is 7.99. The summed E-state index contributed by atoms with van der Waals surface area (Å²) in [6.07, 6.45) is 3.56.